The molecule has 0 aliphatic carbocycles. The third-order valence-corrected chi connectivity index (χ3v) is 4.47. The molecule has 1 heterocycles. The molecular weight excluding hydrogens is 265 g/mol. The highest BCUT2D eigenvalue weighted by Crippen LogP contribution is 2.26. The topological polar surface area (TPSA) is 32.5 Å². The molecule has 1 aliphatic rings. The number of halogens is 1. The van der Waals surface area contributed by atoms with Crippen molar-refractivity contribution in [2.45, 2.75) is 31.8 Å². The Balaban J connectivity index is 1.97. The molecule has 21 heavy (non-hydrogen) atoms. The van der Waals surface area contributed by atoms with Gasteiger partial charge in [0.15, 0.2) is 0 Å². The van der Waals surface area contributed by atoms with Crippen LogP contribution in [-0.4, -0.2) is 49.6 Å². The summed E-state index contributed by atoms with van der Waals surface area (Å²) in [6.45, 7) is 5.28. The number of nitrogens with zero attached hydrogens (tertiary/aromatic N) is 2. The molecule has 0 amide bonds. The third-order valence-electron chi connectivity index (χ3n) is 4.47. The molecule has 1 aromatic rings. The smallest absolute Gasteiger partial charge is 0.127 e. The van der Waals surface area contributed by atoms with Gasteiger partial charge in [0.05, 0.1) is 0 Å². The first-order valence-corrected chi connectivity index (χ1v) is 7.88. The number of hydrogen-bond acceptors (Lipinski definition) is 3. The maximum atomic E-state index is 13.9. The molecule has 1 aromatic carbocycles. The lowest BCUT2D eigenvalue weighted by Crippen LogP contribution is -2.41. The van der Waals surface area contributed by atoms with E-state index in [0.29, 0.717) is 11.6 Å². The Bertz CT molecular complexity index is 449. The third kappa shape index (κ3) is 4.25. The van der Waals surface area contributed by atoms with Gasteiger partial charge in [0.25, 0.3) is 0 Å². The molecule has 1 aliphatic heterocycles. The average molecular weight is 293 g/mol. The van der Waals surface area contributed by atoms with Crippen LogP contribution in [-0.2, 0) is 0 Å². The zero-order chi connectivity index (χ0) is 15.4. The molecule has 0 saturated carbocycles. The van der Waals surface area contributed by atoms with Crippen LogP contribution in [0.1, 0.15) is 31.4 Å². The highest BCUT2D eigenvalue weighted by molar-refractivity contribution is 5.21. The predicted molar refractivity (Wildman–Crippen MR) is 85.6 cm³/mol. The van der Waals surface area contributed by atoms with E-state index in [1.54, 1.807) is 12.1 Å². The van der Waals surface area contributed by atoms with Crippen molar-refractivity contribution in [3.63, 3.8) is 0 Å². The minimum absolute atomic E-state index is 0.192. The second kappa shape index (κ2) is 7.34. The van der Waals surface area contributed by atoms with Gasteiger partial charge in [-0.05, 0) is 45.5 Å². The van der Waals surface area contributed by atoms with Crippen LogP contribution in [0.5, 0.6) is 0 Å². The molecular formula is C17H28FN3. The molecule has 118 valence electrons. The number of likely N-dealkylation sites (N-methyl/N-ethyl adjacent to an activating group) is 1. The SMILES string of the molecule is CC(CN1CCCC1CN(C)C)C(N)c1ccccc1F. The lowest BCUT2D eigenvalue weighted by Gasteiger charge is -2.31. The van der Waals surface area contributed by atoms with E-state index in [4.69, 9.17) is 5.73 Å². The second-order valence-corrected chi connectivity index (χ2v) is 6.58. The fraction of sp³-hybridized carbons (Fsp3) is 0.647. The largest absolute Gasteiger partial charge is 0.324 e. The molecule has 1 saturated heterocycles. The summed E-state index contributed by atoms with van der Waals surface area (Å²) in [5, 5.41) is 0. The normalized spacial score (nSPS) is 22.7. The number of rotatable bonds is 6. The minimum atomic E-state index is -0.244. The Hall–Kier alpha value is -0.970. The maximum Gasteiger partial charge on any atom is 0.127 e. The molecule has 2 rings (SSSR count). The summed E-state index contributed by atoms with van der Waals surface area (Å²) in [6, 6.07) is 7.23. The monoisotopic (exact) mass is 293 g/mol. The Morgan fingerprint density at radius 3 is 2.76 bits per heavy atom. The lowest BCUT2D eigenvalue weighted by atomic mass is 9.94. The van der Waals surface area contributed by atoms with Gasteiger partial charge in [-0.2, -0.15) is 0 Å². The zero-order valence-corrected chi connectivity index (χ0v) is 13.4. The fourth-order valence-electron chi connectivity index (χ4n) is 3.30. The van der Waals surface area contributed by atoms with Crippen molar-refractivity contribution in [1.29, 1.82) is 0 Å². The van der Waals surface area contributed by atoms with Crippen LogP contribution in [0.25, 0.3) is 0 Å². The molecule has 0 spiro atoms. The van der Waals surface area contributed by atoms with Crippen molar-refractivity contribution in [3.05, 3.63) is 35.6 Å². The maximum absolute atomic E-state index is 13.9. The Labute approximate surface area is 127 Å². The van der Waals surface area contributed by atoms with E-state index < -0.39 is 0 Å². The standard InChI is InChI=1S/C17H28FN3/c1-13(17(19)15-8-4-5-9-16(15)18)11-21-10-6-7-14(21)12-20(2)3/h4-5,8-9,13-14,17H,6-7,10-12,19H2,1-3H3. The highest BCUT2D eigenvalue weighted by Gasteiger charge is 2.28. The van der Waals surface area contributed by atoms with Gasteiger partial charge in [-0.3, -0.25) is 4.90 Å². The molecule has 3 unspecified atom stereocenters. The van der Waals surface area contributed by atoms with Crippen LogP contribution in [0.3, 0.4) is 0 Å². The number of benzene rings is 1. The van der Waals surface area contributed by atoms with Crippen LogP contribution >= 0.6 is 0 Å². The molecule has 3 atom stereocenters. The van der Waals surface area contributed by atoms with E-state index >= 15 is 0 Å². The van der Waals surface area contributed by atoms with Crippen LogP contribution in [0, 0.1) is 11.7 Å². The minimum Gasteiger partial charge on any atom is -0.324 e. The number of nitrogens with two attached hydrogens (primary N) is 1. The molecule has 0 aromatic heterocycles. The predicted octanol–water partition coefficient (Wildman–Crippen LogP) is 2.49. The summed E-state index contributed by atoms with van der Waals surface area (Å²) in [5.41, 5.74) is 6.92. The number of hydrogen-bond donors (Lipinski definition) is 1. The van der Waals surface area contributed by atoms with E-state index in [0.717, 1.165) is 19.6 Å². The van der Waals surface area contributed by atoms with E-state index in [9.17, 15) is 4.39 Å². The Morgan fingerprint density at radius 2 is 2.10 bits per heavy atom. The molecule has 2 N–H and O–H groups in total. The number of likely N-dealkylation sites (tertiary alicyclic amines) is 1. The van der Waals surface area contributed by atoms with Crippen LogP contribution in [0.2, 0.25) is 0 Å². The van der Waals surface area contributed by atoms with E-state index in [-0.39, 0.29) is 17.8 Å². The van der Waals surface area contributed by atoms with E-state index in [2.05, 4.69) is 30.8 Å². The van der Waals surface area contributed by atoms with Gasteiger partial charge in [-0.25, -0.2) is 4.39 Å². The summed E-state index contributed by atoms with van der Waals surface area (Å²) < 4.78 is 13.9. The molecule has 0 radical (unpaired) electrons. The van der Waals surface area contributed by atoms with Gasteiger partial charge < -0.3 is 10.6 Å². The summed E-state index contributed by atoms with van der Waals surface area (Å²) in [4.78, 5) is 4.76. The second-order valence-electron chi connectivity index (χ2n) is 6.58. The van der Waals surface area contributed by atoms with Gasteiger partial charge in [-0.15, -0.1) is 0 Å². The summed E-state index contributed by atoms with van der Waals surface area (Å²) >= 11 is 0. The van der Waals surface area contributed by atoms with Crippen molar-refractivity contribution in [1.82, 2.24) is 9.80 Å². The molecule has 1 fully saturated rings. The zero-order valence-electron chi connectivity index (χ0n) is 13.4. The van der Waals surface area contributed by atoms with Crippen molar-refractivity contribution in [2.24, 2.45) is 11.7 Å². The lowest BCUT2D eigenvalue weighted by molar-refractivity contribution is 0.176. The van der Waals surface area contributed by atoms with E-state index in [1.807, 2.05) is 6.07 Å². The van der Waals surface area contributed by atoms with Gasteiger partial charge >= 0.3 is 0 Å². The van der Waals surface area contributed by atoms with Gasteiger partial charge in [0.1, 0.15) is 5.82 Å². The van der Waals surface area contributed by atoms with Crippen molar-refractivity contribution >= 4 is 0 Å². The van der Waals surface area contributed by atoms with Gasteiger partial charge in [0, 0.05) is 30.7 Å². The first kappa shape index (κ1) is 16.4. The summed E-state index contributed by atoms with van der Waals surface area (Å²) in [6.07, 6.45) is 2.50. The fourth-order valence-corrected chi connectivity index (χ4v) is 3.30. The van der Waals surface area contributed by atoms with Crippen LogP contribution in [0.15, 0.2) is 24.3 Å². The Kier molecular flexibility index (Phi) is 5.73. The van der Waals surface area contributed by atoms with Crippen molar-refractivity contribution in [2.75, 3.05) is 33.7 Å². The van der Waals surface area contributed by atoms with Gasteiger partial charge in [0.2, 0.25) is 0 Å². The highest BCUT2D eigenvalue weighted by atomic mass is 19.1. The quantitative estimate of drug-likeness (QED) is 0.874. The summed E-state index contributed by atoms with van der Waals surface area (Å²) in [7, 11) is 4.23. The average Bonchev–Trinajstić information content (AvgIpc) is 2.85. The molecule has 3 nitrogen and oxygen atoms in total. The van der Waals surface area contributed by atoms with Crippen LogP contribution < -0.4 is 5.73 Å². The summed E-state index contributed by atoms with van der Waals surface area (Å²) in [5.74, 6) is 0.0489. The Morgan fingerprint density at radius 1 is 1.38 bits per heavy atom. The molecule has 0 bridgehead atoms. The van der Waals surface area contributed by atoms with Crippen molar-refractivity contribution in [3.8, 4) is 0 Å². The van der Waals surface area contributed by atoms with E-state index in [1.165, 1.54) is 18.9 Å². The first-order chi connectivity index (χ1) is 9.99. The van der Waals surface area contributed by atoms with Crippen LogP contribution in [0.4, 0.5) is 4.39 Å². The molecule has 4 heteroatoms. The van der Waals surface area contributed by atoms with Gasteiger partial charge in [-0.1, -0.05) is 25.1 Å². The van der Waals surface area contributed by atoms with Crippen molar-refractivity contribution < 1.29 is 4.39 Å². The first-order valence-electron chi connectivity index (χ1n) is 7.88.